The maximum Gasteiger partial charge on any atom is 0.237 e. The summed E-state index contributed by atoms with van der Waals surface area (Å²) in [6.45, 7) is 5.48. The second-order valence-electron chi connectivity index (χ2n) is 6.28. The molecule has 0 bridgehead atoms. The quantitative estimate of drug-likeness (QED) is 0.901. The van der Waals surface area contributed by atoms with Crippen molar-refractivity contribution in [1.29, 1.82) is 0 Å². The molecule has 1 saturated heterocycles. The van der Waals surface area contributed by atoms with Gasteiger partial charge in [0.1, 0.15) is 5.82 Å². The Balaban J connectivity index is 1.61. The van der Waals surface area contributed by atoms with Gasteiger partial charge in [-0.3, -0.25) is 9.69 Å². The Bertz CT molecular complexity index is 701. The lowest BCUT2D eigenvalue weighted by Gasteiger charge is -2.25. The van der Waals surface area contributed by atoms with Gasteiger partial charge in [0.2, 0.25) is 5.91 Å². The molecule has 0 saturated carbocycles. The van der Waals surface area contributed by atoms with Gasteiger partial charge in [0.05, 0.1) is 22.8 Å². The molecule has 1 fully saturated rings. The van der Waals surface area contributed by atoms with Crippen LogP contribution in [0.4, 0.5) is 4.39 Å². The molecule has 128 valence electrons. The van der Waals surface area contributed by atoms with Crippen molar-refractivity contribution in [1.82, 2.24) is 15.2 Å². The summed E-state index contributed by atoms with van der Waals surface area (Å²) in [5.74, 6) is -0.186. The van der Waals surface area contributed by atoms with E-state index in [1.54, 1.807) is 23.5 Å². The summed E-state index contributed by atoms with van der Waals surface area (Å²) in [6, 6.07) is 6.28. The van der Waals surface area contributed by atoms with Crippen molar-refractivity contribution < 1.29 is 9.18 Å². The zero-order valence-electron chi connectivity index (χ0n) is 14.0. The second-order valence-corrected chi connectivity index (χ2v) is 7.34. The molecule has 0 spiro atoms. The van der Waals surface area contributed by atoms with E-state index in [1.165, 1.54) is 12.1 Å². The highest BCUT2D eigenvalue weighted by atomic mass is 32.1. The molecule has 0 aliphatic carbocycles. The number of benzene rings is 1. The fourth-order valence-corrected chi connectivity index (χ4v) is 3.81. The highest BCUT2D eigenvalue weighted by Gasteiger charge is 2.31. The number of carbonyl (C=O) groups excluding carboxylic acids is 1. The first kappa shape index (κ1) is 17.0. The van der Waals surface area contributed by atoms with Crippen LogP contribution in [0.5, 0.6) is 0 Å². The summed E-state index contributed by atoms with van der Waals surface area (Å²) >= 11 is 1.59. The molecule has 1 N–H and O–H groups in total. The van der Waals surface area contributed by atoms with E-state index in [0.717, 1.165) is 35.7 Å². The largest absolute Gasteiger partial charge is 0.347 e. The molecule has 0 unspecified atom stereocenters. The molecule has 2 aromatic rings. The first-order valence-electron chi connectivity index (χ1n) is 8.24. The summed E-state index contributed by atoms with van der Waals surface area (Å²) in [5.41, 5.74) is 1.94. The van der Waals surface area contributed by atoms with E-state index in [9.17, 15) is 9.18 Å². The first-order valence-corrected chi connectivity index (χ1v) is 9.12. The van der Waals surface area contributed by atoms with E-state index < -0.39 is 0 Å². The number of amides is 1. The molecule has 6 heteroatoms. The van der Waals surface area contributed by atoms with Gasteiger partial charge >= 0.3 is 0 Å². The van der Waals surface area contributed by atoms with Crippen LogP contribution in [-0.2, 0) is 11.3 Å². The number of carbonyl (C=O) groups is 1. The lowest BCUT2D eigenvalue weighted by Crippen LogP contribution is -2.43. The van der Waals surface area contributed by atoms with Gasteiger partial charge in [-0.2, -0.15) is 0 Å². The molecule has 24 heavy (non-hydrogen) atoms. The number of rotatable bonds is 5. The summed E-state index contributed by atoms with van der Waals surface area (Å²) in [6.07, 6.45) is 1.86. The van der Waals surface area contributed by atoms with E-state index >= 15 is 0 Å². The van der Waals surface area contributed by atoms with Gasteiger partial charge in [-0.15, -0.1) is 11.3 Å². The monoisotopic (exact) mass is 347 g/mol. The van der Waals surface area contributed by atoms with Crippen LogP contribution in [0.3, 0.4) is 0 Å². The Morgan fingerprint density at radius 1 is 1.46 bits per heavy atom. The van der Waals surface area contributed by atoms with Crippen LogP contribution < -0.4 is 5.32 Å². The number of thiazole rings is 1. The van der Waals surface area contributed by atoms with Crippen LogP contribution in [0, 0.1) is 12.7 Å². The van der Waals surface area contributed by atoms with Crippen LogP contribution in [-0.4, -0.2) is 28.4 Å². The van der Waals surface area contributed by atoms with Crippen molar-refractivity contribution >= 4 is 17.2 Å². The predicted octanol–water partition coefficient (Wildman–Crippen LogP) is 3.43. The number of likely N-dealkylation sites (tertiary alicyclic amines) is 1. The zero-order valence-corrected chi connectivity index (χ0v) is 14.8. The average Bonchev–Trinajstić information content (AvgIpc) is 3.18. The highest BCUT2D eigenvalue weighted by molar-refractivity contribution is 7.09. The molecule has 3 rings (SSSR count). The number of aromatic nitrogens is 1. The predicted molar refractivity (Wildman–Crippen MR) is 93.2 cm³/mol. The maximum atomic E-state index is 13.0. The van der Waals surface area contributed by atoms with Crippen molar-refractivity contribution in [2.45, 2.75) is 45.3 Å². The molecular formula is C18H22FN3OS. The third-order valence-corrected chi connectivity index (χ3v) is 5.20. The number of nitrogens with one attached hydrogen (secondary N) is 1. The van der Waals surface area contributed by atoms with Crippen LogP contribution in [0.15, 0.2) is 29.6 Å². The van der Waals surface area contributed by atoms with Gasteiger partial charge in [-0.1, -0.05) is 12.1 Å². The van der Waals surface area contributed by atoms with E-state index in [2.05, 4.69) is 15.2 Å². The Hall–Kier alpha value is -1.79. The van der Waals surface area contributed by atoms with E-state index in [1.807, 2.05) is 19.2 Å². The topological polar surface area (TPSA) is 45.2 Å². The third-order valence-electron chi connectivity index (χ3n) is 4.40. The molecule has 1 aliphatic rings. The molecule has 0 radical (unpaired) electrons. The molecule has 2 atom stereocenters. The third kappa shape index (κ3) is 3.99. The second kappa shape index (κ2) is 7.40. The van der Waals surface area contributed by atoms with Gasteiger partial charge in [-0.25, -0.2) is 9.37 Å². The van der Waals surface area contributed by atoms with Crippen molar-refractivity contribution in [2.75, 3.05) is 6.54 Å². The first-order chi connectivity index (χ1) is 11.5. The summed E-state index contributed by atoms with van der Waals surface area (Å²) in [4.78, 5) is 19.3. The van der Waals surface area contributed by atoms with Gasteiger partial charge in [-0.05, 0) is 50.9 Å². The summed E-state index contributed by atoms with van der Waals surface area (Å²) in [5, 5.41) is 6.08. The van der Waals surface area contributed by atoms with Gasteiger partial charge in [0.25, 0.3) is 0 Å². The van der Waals surface area contributed by atoms with Crippen molar-refractivity contribution in [3.05, 3.63) is 51.7 Å². The van der Waals surface area contributed by atoms with E-state index in [-0.39, 0.29) is 23.8 Å². The molecule has 2 heterocycles. The van der Waals surface area contributed by atoms with Gasteiger partial charge in [0.15, 0.2) is 0 Å². The lowest BCUT2D eigenvalue weighted by atomic mass is 10.1. The number of aryl methyl sites for hydroxylation is 1. The smallest absolute Gasteiger partial charge is 0.237 e. The van der Waals surface area contributed by atoms with E-state index in [4.69, 9.17) is 0 Å². The molecule has 1 amide bonds. The SMILES string of the molecule is Cc1nc([C@@H](C)NC(=O)[C@H]2CCCN2Cc2ccc(F)cc2)cs1. The average molecular weight is 347 g/mol. The van der Waals surface area contributed by atoms with Gasteiger partial charge in [0, 0.05) is 11.9 Å². The minimum Gasteiger partial charge on any atom is -0.347 e. The Labute approximate surface area is 145 Å². The summed E-state index contributed by atoms with van der Waals surface area (Å²) < 4.78 is 13.0. The van der Waals surface area contributed by atoms with E-state index in [0.29, 0.717) is 6.54 Å². The fourth-order valence-electron chi connectivity index (χ4n) is 3.10. The normalized spacial score (nSPS) is 19.4. The number of halogens is 1. The standard InChI is InChI=1S/C18H22FN3OS/c1-12(16-11-24-13(2)21-16)20-18(23)17-4-3-9-22(17)10-14-5-7-15(19)8-6-14/h5-8,11-12,17H,3-4,9-10H2,1-2H3,(H,20,23)/t12-,17-/m1/s1. The maximum absolute atomic E-state index is 13.0. The van der Waals surface area contributed by atoms with Crippen molar-refractivity contribution in [3.8, 4) is 0 Å². The molecule has 1 aliphatic heterocycles. The highest BCUT2D eigenvalue weighted by Crippen LogP contribution is 2.22. The minimum atomic E-state index is -0.234. The Morgan fingerprint density at radius 2 is 2.21 bits per heavy atom. The zero-order chi connectivity index (χ0) is 17.1. The van der Waals surface area contributed by atoms with Crippen LogP contribution in [0.25, 0.3) is 0 Å². The minimum absolute atomic E-state index is 0.0489. The molecule has 1 aromatic heterocycles. The number of nitrogens with zero attached hydrogens (tertiary/aromatic N) is 2. The van der Waals surface area contributed by atoms with Crippen molar-refractivity contribution in [2.24, 2.45) is 0 Å². The Kier molecular flexibility index (Phi) is 5.26. The van der Waals surface area contributed by atoms with Crippen LogP contribution in [0.2, 0.25) is 0 Å². The molecular weight excluding hydrogens is 325 g/mol. The van der Waals surface area contributed by atoms with Gasteiger partial charge < -0.3 is 5.32 Å². The summed E-state index contributed by atoms with van der Waals surface area (Å²) in [7, 11) is 0. The van der Waals surface area contributed by atoms with Crippen molar-refractivity contribution in [3.63, 3.8) is 0 Å². The van der Waals surface area contributed by atoms with Crippen LogP contribution in [0.1, 0.15) is 42.1 Å². The fraction of sp³-hybridized carbons (Fsp3) is 0.444. The number of hydrogen-bond donors (Lipinski definition) is 1. The molecule has 1 aromatic carbocycles. The number of hydrogen-bond acceptors (Lipinski definition) is 4. The van der Waals surface area contributed by atoms with Crippen LogP contribution >= 0.6 is 11.3 Å². The molecule has 4 nitrogen and oxygen atoms in total. The lowest BCUT2D eigenvalue weighted by molar-refractivity contribution is -0.126. The Morgan fingerprint density at radius 3 is 2.88 bits per heavy atom.